The van der Waals surface area contributed by atoms with Crippen molar-refractivity contribution in [3.05, 3.63) is 93.8 Å². The Bertz CT molecular complexity index is 1370. The van der Waals surface area contributed by atoms with E-state index in [1.54, 1.807) is 24.3 Å². The molecule has 178 valence electrons. The quantitative estimate of drug-likeness (QED) is 0.248. The molecule has 5 nitrogen and oxygen atoms in total. The molecule has 2 N–H and O–H groups in total. The van der Waals surface area contributed by atoms with Gasteiger partial charge < -0.3 is 10.6 Å². The van der Waals surface area contributed by atoms with E-state index in [4.69, 9.17) is 11.6 Å². The molecule has 35 heavy (non-hydrogen) atoms. The Morgan fingerprint density at radius 1 is 0.971 bits per heavy atom. The average Bonchev–Trinajstić information content (AvgIpc) is 3.19. The SMILES string of the molecule is Cc1ccc(-c2nc(NC(=O)C(C)Sc3cccc(NC(=O)c4cccc(Cl)c4)c3)sc2C)cc1. The Morgan fingerprint density at radius 2 is 1.71 bits per heavy atom. The van der Waals surface area contributed by atoms with Gasteiger partial charge in [-0.2, -0.15) is 0 Å². The molecule has 8 heteroatoms. The number of thiazole rings is 1. The van der Waals surface area contributed by atoms with Crippen LogP contribution in [0.1, 0.15) is 27.7 Å². The zero-order chi connectivity index (χ0) is 24.9. The van der Waals surface area contributed by atoms with E-state index in [0.717, 1.165) is 21.0 Å². The number of hydrogen-bond donors (Lipinski definition) is 2. The van der Waals surface area contributed by atoms with E-state index in [1.165, 1.54) is 28.7 Å². The van der Waals surface area contributed by atoms with Crippen molar-refractivity contribution in [2.75, 3.05) is 10.6 Å². The van der Waals surface area contributed by atoms with Gasteiger partial charge in [-0.3, -0.25) is 9.59 Å². The lowest BCUT2D eigenvalue weighted by atomic mass is 10.1. The summed E-state index contributed by atoms with van der Waals surface area (Å²) in [4.78, 5) is 31.9. The highest BCUT2D eigenvalue weighted by Crippen LogP contribution is 2.32. The fraction of sp³-hybridized carbons (Fsp3) is 0.148. The van der Waals surface area contributed by atoms with Gasteiger partial charge in [0.05, 0.1) is 10.9 Å². The predicted molar refractivity (Wildman–Crippen MR) is 147 cm³/mol. The number of nitrogens with one attached hydrogen (secondary N) is 2. The lowest BCUT2D eigenvalue weighted by Gasteiger charge is -2.12. The Balaban J connectivity index is 1.39. The molecule has 0 aliphatic heterocycles. The first-order chi connectivity index (χ1) is 16.8. The highest BCUT2D eigenvalue weighted by Gasteiger charge is 2.18. The summed E-state index contributed by atoms with van der Waals surface area (Å²) in [7, 11) is 0. The second-order valence-corrected chi connectivity index (χ2v) is 11.1. The number of carbonyl (C=O) groups excluding carboxylic acids is 2. The van der Waals surface area contributed by atoms with Crippen molar-refractivity contribution < 1.29 is 9.59 Å². The molecule has 0 aliphatic carbocycles. The van der Waals surface area contributed by atoms with Crippen LogP contribution in [0.25, 0.3) is 11.3 Å². The lowest BCUT2D eigenvalue weighted by Crippen LogP contribution is -2.22. The van der Waals surface area contributed by atoms with Crippen LogP contribution in [0.3, 0.4) is 0 Å². The molecule has 0 bridgehead atoms. The van der Waals surface area contributed by atoms with Crippen LogP contribution in [-0.4, -0.2) is 22.0 Å². The third-order valence-electron chi connectivity index (χ3n) is 5.21. The van der Waals surface area contributed by atoms with Gasteiger partial charge in [0.25, 0.3) is 5.91 Å². The molecule has 0 saturated heterocycles. The molecule has 1 atom stereocenters. The first kappa shape index (κ1) is 25.0. The first-order valence-corrected chi connectivity index (χ1v) is 13.0. The molecule has 1 heterocycles. The van der Waals surface area contributed by atoms with Crippen molar-refractivity contribution >= 4 is 57.3 Å². The second kappa shape index (κ2) is 11.1. The number of nitrogens with zero attached hydrogens (tertiary/aromatic N) is 1. The summed E-state index contributed by atoms with van der Waals surface area (Å²) in [5, 5.41) is 6.54. The zero-order valence-corrected chi connectivity index (χ0v) is 21.9. The van der Waals surface area contributed by atoms with Crippen molar-refractivity contribution in [3.8, 4) is 11.3 Å². The highest BCUT2D eigenvalue weighted by molar-refractivity contribution is 8.00. The summed E-state index contributed by atoms with van der Waals surface area (Å²) in [6, 6.07) is 22.4. The average molecular weight is 522 g/mol. The van der Waals surface area contributed by atoms with Crippen LogP contribution in [0.15, 0.2) is 77.7 Å². The van der Waals surface area contributed by atoms with Gasteiger partial charge in [-0.05, 0) is 57.2 Å². The molecule has 0 fully saturated rings. The molecule has 1 aromatic heterocycles. The highest BCUT2D eigenvalue weighted by atomic mass is 35.5. The van der Waals surface area contributed by atoms with E-state index in [2.05, 4.69) is 27.8 Å². The number of benzene rings is 3. The van der Waals surface area contributed by atoms with Crippen molar-refractivity contribution in [2.45, 2.75) is 30.9 Å². The summed E-state index contributed by atoms with van der Waals surface area (Å²) in [6.45, 7) is 5.90. The normalized spacial score (nSPS) is 11.7. The van der Waals surface area contributed by atoms with E-state index in [9.17, 15) is 9.59 Å². The van der Waals surface area contributed by atoms with Crippen LogP contribution in [0.4, 0.5) is 10.8 Å². The smallest absolute Gasteiger partial charge is 0.255 e. The van der Waals surface area contributed by atoms with Gasteiger partial charge in [-0.15, -0.1) is 23.1 Å². The third kappa shape index (κ3) is 6.51. The van der Waals surface area contributed by atoms with Crippen LogP contribution in [0.2, 0.25) is 5.02 Å². The maximum absolute atomic E-state index is 12.9. The number of carbonyl (C=O) groups is 2. The summed E-state index contributed by atoms with van der Waals surface area (Å²) >= 11 is 8.86. The molecule has 0 spiro atoms. The minimum atomic E-state index is -0.360. The van der Waals surface area contributed by atoms with Crippen molar-refractivity contribution in [1.29, 1.82) is 0 Å². The van der Waals surface area contributed by atoms with Crippen molar-refractivity contribution in [3.63, 3.8) is 0 Å². The minimum Gasteiger partial charge on any atom is -0.322 e. The van der Waals surface area contributed by atoms with Crippen molar-refractivity contribution in [1.82, 2.24) is 4.98 Å². The molecule has 1 unspecified atom stereocenters. The largest absolute Gasteiger partial charge is 0.322 e. The predicted octanol–water partition coefficient (Wildman–Crippen LogP) is 7.45. The Kier molecular flexibility index (Phi) is 7.90. The van der Waals surface area contributed by atoms with Gasteiger partial charge in [0.1, 0.15) is 0 Å². The second-order valence-electron chi connectivity index (χ2n) is 8.03. The van der Waals surface area contributed by atoms with E-state index < -0.39 is 0 Å². The molecule has 4 aromatic rings. The summed E-state index contributed by atoms with van der Waals surface area (Å²) in [6.07, 6.45) is 0. The summed E-state index contributed by atoms with van der Waals surface area (Å²) in [5.41, 5.74) is 4.23. The van der Waals surface area contributed by atoms with Crippen LogP contribution >= 0.6 is 34.7 Å². The standard InChI is InChI=1S/C27H24ClN3O2S2/c1-16-10-12-19(13-11-16)24-17(2)35-27(30-24)31-25(32)18(3)34-23-9-5-8-22(15-23)29-26(33)20-6-4-7-21(28)14-20/h4-15,18H,1-3H3,(H,29,33)(H,30,31,32). The van der Waals surface area contributed by atoms with Gasteiger partial charge >= 0.3 is 0 Å². The van der Waals surface area contributed by atoms with Crippen LogP contribution in [-0.2, 0) is 4.79 Å². The number of aryl methyl sites for hydroxylation is 2. The molecular weight excluding hydrogens is 498 g/mol. The van der Waals surface area contributed by atoms with Gasteiger partial charge in [0.2, 0.25) is 5.91 Å². The van der Waals surface area contributed by atoms with E-state index >= 15 is 0 Å². The Hall–Kier alpha value is -3.13. The van der Waals surface area contributed by atoms with Crippen LogP contribution in [0.5, 0.6) is 0 Å². The number of anilines is 2. The summed E-state index contributed by atoms with van der Waals surface area (Å²) < 4.78 is 0. The number of rotatable bonds is 7. The van der Waals surface area contributed by atoms with Crippen LogP contribution < -0.4 is 10.6 Å². The van der Waals surface area contributed by atoms with Crippen LogP contribution in [0, 0.1) is 13.8 Å². The number of aromatic nitrogens is 1. The van der Waals surface area contributed by atoms with Gasteiger partial charge in [0, 0.05) is 31.6 Å². The minimum absolute atomic E-state index is 0.132. The summed E-state index contributed by atoms with van der Waals surface area (Å²) in [5.74, 6) is -0.378. The lowest BCUT2D eigenvalue weighted by molar-refractivity contribution is -0.115. The Labute approximate surface area is 218 Å². The molecule has 2 amide bonds. The molecule has 4 rings (SSSR count). The third-order valence-corrected chi connectivity index (χ3v) is 7.43. The monoisotopic (exact) mass is 521 g/mol. The molecule has 3 aromatic carbocycles. The Morgan fingerprint density at radius 3 is 2.46 bits per heavy atom. The fourth-order valence-electron chi connectivity index (χ4n) is 3.37. The van der Waals surface area contributed by atoms with Gasteiger partial charge in [-0.1, -0.05) is 53.6 Å². The number of amides is 2. The molecule has 0 saturated carbocycles. The zero-order valence-electron chi connectivity index (χ0n) is 19.5. The van der Waals surface area contributed by atoms with Gasteiger partial charge in [0.15, 0.2) is 5.13 Å². The fourth-order valence-corrected chi connectivity index (χ4v) is 5.33. The van der Waals surface area contributed by atoms with E-state index in [-0.39, 0.29) is 17.1 Å². The number of hydrogen-bond acceptors (Lipinski definition) is 5. The van der Waals surface area contributed by atoms with Crippen molar-refractivity contribution in [2.24, 2.45) is 0 Å². The molecule has 0 aliphatic rings. The molecular formula is C27H24ClN3O2S2. The topological polar surface area (TPSA) is 71.1 Å². The van der Waals surface area contributed by atoms with E-state index in [0.29, 0.717) is 21.4 Å². The maximum Gasteiger partial charge on any atom is 0.255 e. The first-order valence-electron chi connectivity index (χ1n) is 11.0. The number of thioether (sulfide) groups is 1. The number of halogens is 1. The van der Waals surface area contributed by atoms with Gasteiger partial charge in [-0.25, -0.2) is 4.98 Å². The maximum atomic E-state index is 12.9. The molecule has 0 radical (unpaired) electrons. The van der Waals surface area contributed by atoms with E-state index in [1.807, 2.05) is 57.2 Å².